The Morgan fingerprint density at radius 1 is 1.13 bits per heavy atom. The van der Waals surface area contributed by atoms with Gasteiger partial charge in [-0.1, -0.05) is 12.1 Å². The van der Waals surface area contributed by atoms with Crippen LogP contribution in [0, 0.1) is 12.7 Å². The maximum atomic E-state index is 13.3. The molecule has 2 N–H and O–H groups in total. The monoisotopic (exact) mass is 401 g/mol. The second-order valence-electron chi connectivity index (χ2n) is 7.60. The number of urea groups is 1. The van der Waals surface area contributed by atoms with E-state index in [-0.39, 0.29) is 17.9 Å². The van der Waals surface area contributed by atoms with E-state index in [9.17, 15) is 9.18 Å². The molecule has 5 rings (SSSR count). The van der Waals surface area contributed by atoms with Gasteiger partial charge < -0.3 is 10.2 Å². The smallest absolute Gasteiger partial charge is 0.313 e. The number of aromatic nitrogens is 3. The van der Waals surface area contributed by atoms with Gasteiger partial charge in [0.25, 0.3) is 0 Å². The molecule has 1 unspecified atom stereocenters. The number of carbonyl (C=O) groups excluding carboxylic acids is 1. The summed E-state index contributed by atoms with van der Waals surface area (Å²) in [7, 11) is 0. The Labute approximate surface area is 172 Å². The van der Waals surface area contributed by atoms with E-state index in [1.807, 2.05) is 32.0 Å². The highest BCUT2D eigenvalue weighted by Crippen LogP contribution is 2.35. The SMILES string of the molecule is Cc1cc(-c2n[nH]c3cc4c(cc23)CN(C(C)c2ccc(F)cc2)C(=O)N4)ccn1. The van der Waals surface area contributed by atoms with Crippen molar-refractivity contribution in [2.24, 2.45) is 0 Å². The number of amides is 2. The average Bonchev–Trinajstić information content (AvgIpc) is 3.14. The first-order chi connectivity index (χ1) is 14.5. The Balaban J connectivity index is 1.53. The number of anilines is 1. The molecule has 0 spiro atoms. The van der Waals surface area contributed by atoms with E-state index in [1.54, 1.807) is 23.2 Å². The molecule has 1 aliphatic heterocycles. The lowest BCUT2D eigenvalue weighted by molar-refractivity contribution is 0.186. The lowest BCUT2D eigenvalue weighted by Crippen LogP contribution is -2.40. The van der Waals surface area contributed by atoms with Crippen molar-refractivity contribution in [3.05, 3.63) is 77.4 Å². The molecule has 3 heterocycles. The highest BCUT2D eigenvalue weighted by atomic mass is 19.1. The van der Waals surface area contributed by atoms with Crippen molar-refractivity contribution in [1.82, 2.24) is 20.1 Å². The van der Waals surface area contributed by atoms with Crippen molar-refractivity contribution in [2.45, 2.75) is 26.4 Å². The number of carbonyl (C=O) groups is 1. The minimum absolute atomic E-state index is 0.178. The topological polar surface area (TPSA) is 73.9 Å². The summed E-state index contributed by atoms with van der Waals surface area (Å²) in [4.78, 5) is 18.8. The van der Waals surface area contributed by atoms with Gasteiger partial charge in [-0.05, 0) is 61.4 Å². The van der Waals surface area contributed by atoms with E-state index < -0.39 is 0 Å². The number of H-pyrrole nitrogens is 1. The van der Waals surface area contributed by atoms with Crippen LogP contribution in [-0.4, -0.2) is 26.1 Å². The summed E-state index contributed by atoms with van der Waals surface area (Å²) in [5.74, 6) is -0.291. The largest absolute Gasteiger partial charge is 0.322 e. The zero-order valence-corrected chi connectivity index (χ0v) is 16.6. The van der Waals surface area contributed by atoms with Crippen LogP contribution in [0.5, 0.6) is 0 Å². The fraction of sp³-hybridized carbons (Fsp3) is 0.174. The van der Waals surface area contributed by atoms with Crippen molar-refractivity contribution < 1.29 is 9.18 Å². The fourth-order valence-electron chi connectivity index (χ4n) is 3.95. The van der Waals surface area contributed by atoms with Gasteiger partial charge in [0.15, 0.2) is 0 Å². The molecule has 4 aromatic rings. The first-order valence-electron chi connectivity index (χ1n) is 9.77. The van der Waals surface area contributed by atoms with Gasteiger partial charge in [-0.2, -0.15) is 5.10 Å². The van der Waals surface area contributed by atoms with Crippen LogP contribution in [0.3, 0.4) is 0 Å². The van der Waals surface area contributed by atoms with Crippen molar-refractivity contribution in [3.63, 3.8) is 0 Å². The maximum absolute atomic E-state index is 13.3. The quantitative estimate of drug-likeness (QED) is 0.497. The summed E-state index contributed by atoms with van der Waals surface area (Å²) in [5.41, 5.74) is 6.29. The predicted octanol–water partition coefficient (Wildman–Crippen LogP) is 5.18. The lowest BCUT2D eigenvalue weighted by Gasteiger charge is -2.34. The van der Waals surface area contributed by atoms with Gasteiger partial charge in [-0.3, -0.25) is 10.1 Å². The molecule has 2 aromatic carbocycles. The van der Waals surface area contributed by atoms with Crippen LogP contribution < -0.4 is 5.32 Å². The predicted molar refractivity (Wildman–Crippen MR) is 113 cm³/mol. The third-order valence-electron chi connectivity index (χ3n) is 5.62. The van der Waals surface area contributed by atoms with Crippen LogP contribution in [-0.2, 0) is 6.54 Å². The van der Waals surface area contributed by atoms with Crippen molar-refractivity contribution in [3.8, 4) is 11.3 Å². The fourth-order valence-corrected chi connectivity index (χ4v) is 3.95. The van der Waals surface area contributed by atoms with Crippen molar-refractivity contribution in [1.29, 1.82) is 0 Å². The first kappa shape index (κ1) is 18.3. The number of fused-ring (bicyclic) bond motifs is 2. The Hall–Kier alpha value is -3.74. The minimum Gasteiger partial charge on any atom is -0.313 e. The standard InChI is InChI=1S/C23H20FN5O/c1-13-9-16(7-8-25-13)22-19-10-17-12-29(14(2)15-3-5-18(24)6-4-15)23(30)26-20(17)11-21(19)27-28-22/h3-11,14H,12H2,1-2H3,(H,26,30)(H,27,28). The van der Waals surface area contributed by atoms with Crippen LogP contribution >= 0.6 is 0 Å². The molecule has 0 saturated carbocycles. The zero-order chi connectivity index (χ0) is 20.8. The van der Waals surface area contributed by atoms with E-state index in [0.29, 0.717) is 6.54 Å². The Morgan fingerprint density at radius 2 is 1.93 bits per heavy atom. The summed E-state index contributed by atoms with van der Waals surface area (Å²) in [6.07, 6.45) is 1.77. The number of benzene rings is 2. The van der Waals surface area contributed by atoms with Gasteiger partial charge in [0.05, 0.1) is 18.1 Å². The van der Waals surface area contributed by atoms with E-state index in [4.69, 9.17) is 0 Å². The molecular weight excluding hydrogens is 381 g/mol. The molecule has 2 amide bonds. The first-order valence-corrected chi connectivity index (χ1v) is 9.77. The Kier molecular flexibility index (Phi) is 4.24. The van der Waals surface area contributed by atoms with Crippen LogP contribution in [0.2, 0.25) is 0 Å². The van der Waals surface area contributed by atoms with Crippen molar-refractivity contribution in [2.75, 3.05) is 5.32 Å². The normalized spacial score (nSPS) is 14.5. The number of aromatic amines is 1. The molecule has 2 aromatic heterocycles. The molecule has 7 heteroatoms. The molecular formula is C23H20FN5O. The van der Waals surface area contributed by atoms with E-state index in [2.05, 4.69) is 26.6 Å². The lowest BCUT2D eigenvalue weighted by atomic mass is 10.0. The second kappa shape index (κ2) is 6.95. The van der Waals surface area contributed by atoms with Crippen molar-refractivity contribution >= 4 is 22.6 Å². The van der Waals surface area contributed by atoms with E-state index in [1.165, 1.54) is 12.1 Å². The average molecular weight is 401 g/mol. The molecule has 150 valence electrons. The van der Waals surface area contributed by atoms with Crippen LogP contribution in [0.1, 0.15) is 29.8 Å². The Morgan fingerprint density at radius 3 is 2.70 bits per heavy atom. The third kappa shape index (κ3) is 3.08. The van der Waals surface area contributed by atoms with Crippen LogP contribution in [0.15, 0.2) is 54.7 Å². The molecule has 0 radical (unpaired) electrons. The van der Waals surface area contributed by atoms with Crippen LogP contribution in [0.4, 0.5) is 14.9 Å². The number of hydrogen-bond donors (Lipinski definition) is 2. The molecule has 0 fully saturated rings. The Bertz CT molecular complexity index is 1260. The van der Waals surface area contributed by atoms with E-state index >= 15 is 0 Å². The van der Waals surface area contributed by atoms with Gasteiger partial charge in [0, 0.05) is 28.5 Å². The molecule has 1 atom stereocenters. The molecule has 6 nitrogen and oxygen atoms in total. The maximum Gasteiger partial charge on any atom is 0.322 e. The van der Waals surface area contributed by atoms with Gasteiger partial charge in [-0.15, -0.1) is 0 Å². The number of nitrogens with one attached hydrogen (secondary N) is 2. The van der Waals surface area contributed by atoms with Gasteiger partial charge in [-0.25, -0.2) is 9.18 Å². The molecule has 1 aliphatic rings. The van der Waals surface area contributed by atoms with E-state index in [0.717, 1.165) is 44.7 Å². The van der Waals surface area contributed by atoms with Gasteiger partial charge >= 0.3 is 6.03 Å². The molecule has 0 aliphatic carbocycles. The second-order valence-corrected chi connectivity index (χ2v) is 7.60. The molecule has 30 heavy (non-hydrogen) atoms. The third-order valence-corrected chi connectivity index (χ3v) is 5.62. The summed E-state index contributed by atoms with van der Waals surface area (Å²) in [6, 6.07) is 13.8. The highest BCUT2D eigenvalue weighted by molar-refractivity contribution is 6.00. The molecule has 0 saturated heterocycles. The number of rotatable bonds is 3. The van der Waals surface area contributed by atoms with Crippen LogP contribution in [0.25, 0.3) is 22.2 Å². The summed E-state index contributed by atoms with van der Waals surface area (Å²) in [6.45, 7) is 4.35. The number of nitrogens with zero attached hydrogens (tertiary/aromatic N) is 3. The number of pyridine rings is 1. The highest BCUT2D eigenvalue weighted by Gasteiger charge is 2.28. The zero-order valence-electron chi connectivity index (χ0n) is 16.6. The summed E-state index contributed by atoms with van der Waals surface area (Å²) in [5, 5.41) is 11.5. The summed E-state index contributed by atoms with van der Waals surface area (Å²) >= 11 is 0. The minimum atomic E-state index is -0.291. The number of aryl methyl sites for hydroxylation is 1. The molecule has 0 bridgehead atoms. The number of hydrogen-bond acceptors (Lipinski definition) is 3. The summed E-state index contributed by atoms with van der Waals surface area (Å²) < 4.78 is 13.3. The van der Waals surface area contributed by atoms with Gasteiger partial charge in [0.1, 0.15) is 11.5 Å². The van der Waals surface area contributed by atoms with Gasteiger partial charge in [0.2, 0.25) is 0 Å². The number of halogens is 1.